The molecule has 2 aromatic carbocycles. The first-order valence-electron chi connectivity index (χ1n) is 8.00. The van der Waals surface area contributed by atoms with Crippen molar-refractivity contribution < 1.29 is 14.3 Å². The molecule has 0 saturated heterocycles. The van der Waals surface area contributed by atoms with Gasteiger partial charge in [0.2, 0.25) is 0 Å². The second-order valence-corrected chi connectivity index (χ2v) is 5.74. The maximum absolute atomic E-state index is 12.3. The van der Waals surface area contributed by atoms with Gasteiger partial charge in [-0.15, -0.1) is 5.10 Å². The van der Waals surface area contributed by atoms with Crippen molar-refractivity contribution in [2.45, 2.75) is 0 Å². The SMILES string of the molecule is COC(=O)c1ccc2c(c1)NC(=O)/C2=C\Nc1ccc(-c2nnn[nH]2)cc1. The second-order valence-electron chi connectivity index (χ2n) is 5.74. The fourth-order valence-corrected chi connectivity index (χ4v) is 2.74. The second kappa shape index (κ2) is 6.71. The third-order valence-electron chi connectivity index (χ3n) is 4.11. The van der Waals surface area contributed by atoms with Crippen molar-refractivity contribution in [1.29, 1.82) is 0 Å². The minimum atomic E-state index is -0.454. The molecule has 0 unspecified atom stereocenters. The standard InChI is InChI=1S/C18H14N6O3/c1-27-18(26)11-4-7-13-14(17(25)20-15(13)8-11)9-19-12-5-2-10(3-6-12)16-21-23-24-22-16/h2-9,19H,1H3,(H,20,25)(H,21,22,23,24)/b14-9-. The number of amides is 1. The largest absolute Gasteiger partial charge is 0.465 e. The number of fused-ring (bicyclic) bond motifs is 1. The Balaban J connectivity index is 1.55. The number of nitrogens with zero attached hydrogens (tertiary/aromatic N) is 3. The Hall–Kier alpha value is -4.01. The van der Waals surface area contributed by atoms with Crippen LogP contribution in [0.4, 0.5) is 11.4 Å². The Morgan fingerprint density at radius 3 is 2.70 bits per heavy atom. The number of carbonyl (C=O) groups excluding carboxylic acids is 2. The summed E-state index contributed by atoms with van der Waals surface area (Å²) >= 11 is 0. The molecule has 134 valence electrons. The molecule has 3 N–H and O–H groups in total. The fraction of sp³-hybridized carbons (Fsp3) is 0.0556. The molecule has 1 aliphatic heterocycles. The Morgan fingerprint density at radius 1 is 1.19 bits per heavy atom. The number of anilines is 2. The van der Waals surface area contributed by atoms with E-state index < -0.39 is 5.97 Å². The summed E-state index contributed by atoms with van der Waals surface area (Å²) in [4.78, 5) is 23.9. The lowest BCUT2D eigenvalue weighted by Crippen LogP contribution is -2.05. The molecule has 1 aromatic heterocycles. The average molecular weight is 362 g/mol. The number of rotatable bonds is 4. The van der Waals surface area contributed by atoms with Crippen molar-refractivity contribution in [2.24, 2.45) is 0 Å². The number of methoxy groups -OCH3 is 1. The van der Waals surface area contributed by atoms with Crippen molar-refractivity contribution in [2.75, 3.05) is 17.7 Å². The number of tetrazole rings is 1. The highest BCUT2D eigenvalue weighted by Gasteiger charge is 2.25. The maximum Gasteiger partial charge on any atom is 0.337 e. The summed E-state index contributed by atoms with van der Waals surface area (Å²) < 4.78 is 4.70. The van der Waals surface area contributed by atoms with Crippen molar-refractivity contribution in [3.05, 3.63) is 59.8 Å². The van der Waals surface area contributed by atoms with Crippen LogP contribution in [-0.2, 0) is 9.53 Å². The Kier molecular flexibility index (Phi) is 4.09. The van der Waals surface area contributed by atoms with Gasteiger partial charge >= 0.3 is 5.97 Å². The summed E-state index contributed by atoms with van der Waals surface area (Å²) in [7, 11) is 1.31. The number of H-pyrrole nitrogens is 1. The summed E-state index contributed by atoms with van der Waals surface area (Å²) in [5.74, 6) is -0.126. The molecule has 9 heteroatoms. The summed E-state index contributed by atoms with van der Waals surface area (Å²) in [6.45, 7) is 0. The van der Waals surface area contributed by atoms with E-state index in [1.807, 2.05) is 24.3 Å². The van der Waals surface area contributed by atoms with E-state index in [9.17, 15) is 9.59 Å². The molecule has 2 heterocycles. The number of esters is 1. The summed E-state index contributed by atoms with van der Waals surface area (Å²) in [6, 6.07) is 12.3. The molecule has 0 bridgehead atoms. The molecule has 9 nitrogen and oxygen atoms in total. The average Bonchev–Trinajstić information content (AvgIpc) is 3.33. The smallest absolute Gasteiger partial charge is 0.337 e. The number of nitrogens with one attached hydrogen (secondary N) is 3. The normalized spacial score (nSPS) is 14.0. The quantitative estimate of drug-likeness (QED) is 0.480. The van der Waals surface area contributed by atoms with Gasteiger partial charge in [-0.05, 0) is 46.8 Å². The predicted molar refractivity (Wildman–Crippen MR) is 97.6 cm³/mol. The van der Waals surface area contributed by atoms with Gasteiger partial charge in [-0.2, -0.15) is 0 Å². The van der Waals surface area contributed by atoms with Crippen LogP contribution in [0.5, 0.6) is 0 Å². The van der Waals surface area contributed by atoms with Crippen molar-refractivity contribution >= 4 is 28.8 Å². The molecule has 1 aliphatic rings. The lowest BCUT2D eigenvalue weighted by molar-refractivity contribution is -0.110. The number of benzene rings is 2. The molecule has 27 heavy (non-hydrogen) atoms. The molecule has 0 saturated carbocycles. The molecule has 0 radical (unpaired) electrons. The third-order valence-corrected chi connectivity index (χ3v) is 4.11. The van der Waals surface area contributed by atoms with Gasteiger partial charge in [0.25, 0.3) is 5.91 Å². The highest BCUT2D eigenvalue weighted by molar-refractivity contribution is 6.31. The molecular weight excluding hydrogens is 348 g/mol. The van der Waals surface area contributed by atoms with E-state index in [4.69, 9.17) is 4.74 Å². The Morgan fingerprint density at radius 2 is 2.00 bits per heavy atom. The number of carbonyl (C=O) groups is 2. The predicted octanol–water partition coefficient (Wildman–Crippen LogP) is 2.06. The highest BCUT2D eigenvalue weighted by Crippen LogP contribution is 2.32. The van der Waals surface area contributed by atoms with Crippen molar-refractivity contribution in [3.63, 3.8) is 0 Å². The summed E-state index contributed by atoms with van der Waals surface area (Å²) in [5, 5.41) is 19.5. The van der Waals surface area contributed by atoms with Gasteiger partial charge in [0, 0.05) is 28.7 Å². The Labute approximate surface area is 153 Å². The number of ether oxygens (including phenoxy) is 1. The summed E-state index contributed by atoms with van der Waals surface area (Å²) in [5.41, 5.74) is 3.78. The number of aromatic nitrogens is 4. The van der Waals surface area contributed by atoms with Crippen LogP contribution < -0.4 is 10.6 Å². The zero-order valence-electron chi connectivity index (χ0n) is 14.2. The van der Waals surface area contributed by atoms with Crippen LogP contribution in [0.3, 0.4) is 0 Å². The minimum absolute atomic E-state index is 0.246. The number of aromatic amines is 1. The van der Waals surface area contributed by atoms with Crippen molar-refractivity contribution in [3.8, 4) is 11.4 Å². The molecule has 4 rings (SSSR count). The van der Waals surface area contributed by atoms with E-state index in [-0.39, 0.29) is 5.91 Å². The van der Waals surface area contributed by atoms with E-state index in [1.54, 1.807) is 24.4 Å². The van der Waals surface area contributed by atoms with Gasteiger partial charge < -0.3 is 15.4 Å². The lowest BCUT2D eigenvalue weighted by Gasteiger charge is -2.04. The van der Waals surface area contributed by atoms with Crippen LogP contribution >= 0.6 is 0 Å². The van der Waals surface area contributed by atoms with Crippen LogP contribution in [0, 0.1) is 0 Å². The van der Waals surface area contributed by atoms with Crippen molar-refractivity contribution in [1.82, 2.24) is 20.6 Å². The van der Waals surface area contributed by atoms with Crippen LogP contribution in [0.2, 0.25) is 0 Å². The van der Waals surface area contributed by atoms with E-state index in [2.05, 4.69) is 31.3 Å². The zero-order chi connectivity index (χ0) is 18.8. The molecule has 0 aliphatic carbocycles. The molecule has 0 atom stereocenters. The molecule has 1 amide bonds. The zero-order valence-corrected chi connectivity index (χ0v) is 14.2. The van der Waals surface area contributed by atoms with Gasteiger partial charge in [0.15, 0.2) is 5.82 Å². The van der Waals surface area contributed by atoms with E-state index >= 15 is 0 Å². The van der Waals surface area contributed by atoms with Gasteiger partial charge in [-0.1, -0.05) is 6.07 Å². The van der Waals surface area contributed by atoms with Gasteiger partial charge in [-0.3, -0.25) is 4.79 Å². The van der Waals surface area contributed by atoms with E-state index in [0.29, 0.717) is 28.2 Å². The van der Waals surface area contributed by atoms with E-state index in [1.165, 1.54) is 7.11 Å². The Bertz CT molecular complexity index is 1040. The molecule has 0 fully saturated rings. The highest BCUT2D eigenvalue weighted by atomic mass is 16.5. The summed E-state index contributed by atoms with van der Waals surface area (Å²) in [6.07, 6.45) is 1.63. The van der Waals surface area contributed by atoms with Crippen LogP contribution in [0.15, 0.2) is 48.7 Å². The molecule has 3 aromatic rings. The first-order valence-corrected chi connectivity index (χ1v) is 8.00. The van der Waals surface area contributed by atoms with Crippen LogP contribution in [0.1, 0.15) is 15.9 Å². The van der Waals surface area contributed by atoms with Gasteiger partial charge in [0.1, 0.15) is 0 Å². The monoisotopic (exact) mass is 362 g/mol. The van der Waals surface area contributed by atoms with Gasteiger partial charge in [0.05, 0.1) is 18.2 Å². The molecular formula is C18H14N6O3. The fourth-order valence-electron chi connectivity index (χ4n) is 2.74. The van der Waals surface area contributed by atoms with E-state index in [0.717, 1.165) is 11.3 Å². The maximum atomic E-state index is 12.3. The first kappa shape index (κ1) is 16.5. The van der Waals surface area contributed by atoms with Crippen LogP contribution in [-0.4, -0.2) is 39.6 Å². The number of hydrogen-bond acceptors (Lipinski definition) is 7. The topological polar surface area (TPSA) is 122 Å². The first-order chi connectivity index (χ1) is 13.2. The number of hydrogen-bond donors (Lipinski definition) is 3. The van der Waals surface area contributed by atoms with Crippen LogP contribution in [0.25, 0.3) is 17.0 Å². The minimum Gasteiger partial charge on any atom is -0.465 e. The third kappa shape index (κ3) is 3.13. The lowest BCUT2D eigenvalue weighted by atomic mass is 10.1. The molecule has 0 spiro atoms. The van der Waals surface area contributed by atoms with Gasteiger partial charge in [-0.25, -0.2) is 9.89 Å².